The number of nitrogens with one attached hydrogen (secondary N) is 3. The Hall–Kier alpha value is -4.44. The highest BCUT2D eigenvalue weighted by molar-refractivity contribution is 5.96. The molecule has 1 heterocycles. The molecule has 0 saturated carbocycles. The Kier molecular flexibility index (Phi) is 14.7. The van der Waals surface area contributed by atoms with Crippen LogP contribution in [-0.4, -0.2) is 105 Å². The average molecular weight is 649 g/mol. The third-order valence-electron chi connectivity index (χ3n) is 7.52. The molecule has 16 heteroatoms. The van der Waals surface area contributed by atoms with Crippen molar-refractivity contribution >= 4 is 35.6 Å². The van der Waals surface area contributed by atoms with E-state index in [1.807, 2.05) is 13.8 Å². The zero-order chi connectivity index (χ0) is 34.6. The number of carbonyl (C=O) groups excluding carboxylic acids is 4. The zero-order valence-corrected chi connectivity index (χ0v) is 26.5. The van der Waals surface area contributed by atoms with Crippen molar-refractivity contribution in [1.82, 2.24) is 20.9 Å². The maximum Gasteiger partial charge on any atom is 0.328 e. The number of nitrogens with two attached hydrogens (primary N) is 3. The molecule has 1 aliphatic rings. The van der Waals surface area contributed by atoms with Crippen LogP contribution >= 0.6 is 0 Å². The van der Waals surface area contributed by atoms with Gasteiger partial charge < -0.3 is 53.4 Å². The predicted octanol–water partition coefficient (Wildman–Crippen LogP) is -1.73. The number of phenols is 1. The quantitative estimate of drug-likeness (QED) is 0.0520. The number of hydrogen-bond donors (Lipinski definition) is 9. The van der Waals surface area contributed by atoms with Gasteiger partial charge in [0, 0.05) is 19.5 Å². The summed E-state index contributed by atoms with van der Waals surface area (Å²) in [4.78, 5) is 70.3. The zero-order valence-electron chi connectivity index (χ0n) is 26.5. The van der Waals surface area contributed by atoms with Gasteiger partial charge in [0.25, 0.3) is 0 Å². The molecule has 1 aromatic rings. The second-order valence-electron chi connectivity index (χ2n) is 11.9. The van der Waals surface area contributed by atoms with E-state index in [0.717, 1.165) is 0 Å². The Bertz CT molecular complexity index is 1240. The Labute approximate surface area is 268 Å². The van der Waals surface area contributed by atoms with Crippen molar-refractivity contribution in [3.8, 4) is 5.75 Å². The number of aromatic hydroxyl groups is 1. The second kappa shape index (κ2) is 17.9. The molecule has 1 fully saturated rings. The smallest absolute Gasteiger partial charge is 0.328 e. The van der Waals surface area contributed by atoms with E-state index < -0.39 is 65.9 Å². The van der Waals surface area contributed by atoms with Crippen molar-refractivity contribution in [3.63, 3.8) is 0 Å². The molecule has 0 aliphatic carbocycles. The van der Waals surface area contributed by atoms with Crippen LogP contribution in [0.1, 0.15) is 58.4 Å². The number of rotatable bonds is 17. The molecule has 0 aromatic heterocycles. The molecule has 0 spiro atoms. The van der Waals surface area contributed by atoms with E-state index in [1.165, 1.54) is 24.0 Å². The van der Waals surface area contributed by atoms with Gasteiger partial charge in [-0.05, 0) is 62.6 Å². The maximum atomic E-state index is 13.8. The molecule has 46 heavy (non-hydrogen) atoms. The van der Waals surface area contributed by atoms with Crippen LogP contribution in [0.3, 0.4) is 0 Å². The van der Waals surface area contributed by atoms with Gasteiger partial charge >= 0.3 is 5.97 Å². The van der Waals surface area contributed by atoms with Gasteiger partial charge in [0.1, 0.15) is 23.9 Å². The molecule has 6 atom stereocenters. The van der Waals surface area contributed by atoms with Gasteiger partial charge in [-0.3, -0.25) is 24.2 Å². The van der Waals surface area contributed by atoms with Crippen molar-refractivity contribution < 1.29 is 39.3 Å². The van der Waals surface area contributed by atoms with Crippen LogP contribution < -0.4 is 33.2 Å². The molecule has 1 aliphatic heterocycles. The highest BCUT2D eigenvalue weighted by Gasteiger charge is 2.40. The molecular formula is C30H48N8O8. The predicted molar refractivity (Wildman–Crippen MR) is 169 cm³/mol. The minimum absolute atomic E-state index is 0.0197. The lowest BCUT2D eigenvalue weighted by Gasteiger charge is -2.31. The number of carboxylic acid groups (broad SMARTS) is 1. The molecule has 1 aromatic carbocycles. The van der Waals surface area contributed by atoms with Crippen LogP contribution in [0, 0.1) is 5.92 Å². The molecule has 1 saturated heterocycles. The summed E-state index contributed by atoms with van der Waals surface area (Å²) in [5.41, 5.74) is 17.3. The lowest BCUT2D eigenvalue weighted by atomic mass is 10.00. The number of likely N-dealkylation sites (tertiary alicyclic amines) is 1. The van der Waals surface area contributed by atoms with Gasteiger partial charge in [-0.15, -0.1) is 0 Å². The standard InChI is InChI=1S/C30H48N8O8/c1-16(2)14-22(28(44)38-13-5-7-23(38)27(43)37-24(17(3)39)29(45)46)36-26(42)21(15-18-8-10-19(40)11-9-18)35-25(41)20(31)6-4-12-34-30(32)33/h8-11,16-17,20-24,39-40H,4-7,12-15,31H2,1-3H3,(H,35,41)(H,36,42)(H,37,43)(H,45,46)(H4,32,33,34)/t17-,20-,21-,22-,23-,24-/m0/s1. The van der Waals surface area contributed by atoms with Gasteiger partial charge in [0.15, 0.2) is 12.0 Å². The van der Waals surface area contributed by atoms with E-state index in [-0.39, 0.29) is 56.4 Å². The number of carbonyl (C=O) groups is 5. The number of hydrogen-bond acceptors (Lipinski definition) is 9. The van der Waals surface area contributed by atoms with Crippen LogP contribution in [0.2, 0.25) is 0 Å². The summed E-state index contributed by atoms with van der Waals surface area (Å²) in [5, 5.41) is 36.6. The van der Waals surface area contributed by atoms with Gasteiger partial charge in [0.2, 0.25) is 23.6 Å². The fourth-order valence-electron chi connectivity index (χ4n) is 5.11. The molecule has 0 radical (unpaired) electrons. The summed E-state index contributed by atoms with van der Waals surface area (Å²) in [5.74, 6) is -4.05. The number of phenolic OH excluding ortho intramolecular Hbond substituents is 1. The Morgan fingerprint density at radius 3 is 2.20 bits per heavy atom. The summed E-state index contributed by atoms with van der Waals surface area (Å²) in [6.45, 7) is 5.43. The molecule has 0 unspecified atom stereocenters. The first-order chi connectivity index (χ1) is 21.6. The summed E-state index contributed by atoms with van der Waals surface area (Å²) in [7, 11) is 0. The first-order valence-corrected chi connectivity index (χ1v) is 15.3. The number of amides is 4. The third-order valence-corrected chi connectivity index (χ3v) is 7.52. The number of nitrogens with zero attached hydrogens (tertiary/aromatic N) is 2. The van der Waals surface area contributed by atoms with Crippen LogP contribution in [0.5, 0.6) is 5.75 Å². The van der Waals surface area contributed by atoms with Gasteiger partial charge in [-0.2, -0.15) is 0 Å². The normalized spacial score (nSPS) is 17.7. The van der Waals surface area contributed by atoms with Gasteiger partial charge in [-0.25, -0.2) is 4.79 Å². The Morgan fingerprint density at radius 1 is 1.00 bits per heavy atom. The fourth-order valence-corrected chi connectivity index (χ4v) is 5.11. The maximum absolute atomic E-state index is 13.8. The van der Waals surface area contributed by atoms with Crippen molar-refractivity contribution in [2.24, 2.45) is 28.1 Å². The van der Waals surface area contributed by atoms with Crippen molar-refractivity contribution in [2.75, 3.05) is 13.1 Å². The highest BCUT2D eigenvalue weighted by Crippen LogP contribution is 2.21. The number of aliphatic imine (C=N–C) groups is 1. The van der Waals surface area contributed by atoms with Crippen LogP contribution in [-0.2, 0) is 30.4 Å². The minimum atomic E-state index is -1.56. The lowest BCUT2D eigenvalue weighted by molar-refractivity contribution is -0.147. The summed E-state index contributed by atoms with van der Waals surface area (Å²) >= 11 is 0. The molecule has 256 valence electrons. The average Bonchev–Trinajstić information content (AvgIpc) is 3.47. The summed E-state index contributed by atoms with van der Waals surface area (Å²) in [6, 6.07) is 0.330. The van der Waals surface area contributed by atoms with Gasteiger partial charge in [0.05, 0.1) is 12.1 Å². The second-order valence-corrected chi connectivity index (χ2v) is 11.9. The van der Waals surface area contributed by atoms with Crippen molar-refractivity contribution in [1.29, 1.82) is 0 Å². The van der Waals surface area contributed by atoms with Crippen LogP contribution in [0.15, 0.2) is 29.3 Å². The van der Waals surface area contributed by atoms with E-state index in [0.29, 0.717) is 18.4 Å². The molecule has 12 N–H and O–H groups in total. The van der Waals surface area contributed by atoms with E-state index in [2.05, 4.69) is 20.9 Å². The number of carboxylic acids is 1. The van der Waals surface area contributed by atoms with E-state index >= 15 is 0 Å². The molecule has 2 rings (SSSR count). The van der Waals surface area contributed by atoms with Gasteiger partial charge in [-0.1, -0.05) is 26.0 Å². The first-order valence-electron chi connectivity index (χ1n) is 15.3. The number of aliphatic carboxylic acids is 1. The molecular weight excluding hydrogens is 600 g/mol. The van der Waals surface area contributed by atoms with Crippen molar-refractivity contribution in [3.05, 3.63) is 29.8 Å². The van der Waals surface area contributed by atoms with Crippen LogP contribution in [0.25, 0.3) is 0 Å². The SMILES string of the molecule is CC(C)C[C@H](NC(=O)[C@H](Cc1ccc(O)cc1)NC(=O)[C@@H](N)CCCN=C(N)N)C(=O)N1CCC[C@H]1C(=O)N[C@H](C(=O)O)[C@H](C)O. The van der Waals surface area contributed by atoms with Crippen LogP contribution in [0.4, 0.5) is 0 Å². The van der Waals surface area contributed by atoms with E-state index in [9.17, 15) is 39.3 Å². The lowest BCUT2D eigenvalue weighted by Crippen LogP contribution is -2.59. The minimum Gasteiger partial charge on any atom is -0.508 e. The number of guanidine groups is 1. The van der Waals surface area contributed by atoms with Crippen molar-refractivity contribution in [2.45, 2.75) is 95.6 Å². The summed E-state index contributed by atoms with van der Waals surface area (Å²) < 4.78 is 0. The molecule has 4 amide bonds. The Morgan fingerprint density at radius 2 is 1.63 bits per heavy atom. The highest BCUT2D eigenvalue weighted by atomic mass is 16.4. The van der Waals surface area contributed by atoms with E-state index in [4.69, 9.17) is 17.2 Å². The Balaban J connectivity index is 2.25. The number of aliphatic hydroxyl groups excluding tert-OH is 1. The number of aliphatic hydroxyl groups is 1. The molecule has 0 bridgehead atoms. The van der Waals surface area contributed by atoms with E-state index in [1.54, 1.807) is 12.1 Å². The first kappa shape index (κ1) is 37.7. The topological polar surface area (TPSA) is 276 Å². The molecule has 16 nitrogen and oxygen atoms in total. The largest absolute Gasteiger partial charge is 0.508 e. The monoisotopic (exact) mass is 648 g/mol. The third kappa shape index (κ3) is 11.8. The number of benzene rings is 1. The fraction of sp³-hybridized carbons (Fsp3) is 0.600. The summed E-state index contributed by atoms with van der Waals surface area (Å²) in [6.07, 6.45) is 0.261.